The van der Waals surface area contributed by atoms with Gasteiger partial charge in [-0.05, 0) is 67.7 Å². The second-order valence-corrected chi connectivity index (χ2v) is 9.40. The smallest absolute Gasteiger partial charge is 0.230 e. The number of carbonyl (C=O) groups is 1. The summed E-state index contributed by atoms with van der Waals surface area (Å²) in [5.41, 5.74) is 3.12. The summed E-state index contributed by atoms with van der Waals surface area (Å²) in [6, 6.07) is 9.85. The first-order valence-corrected chi connectivity index (χ1v) is 12.1. The van der Waals surface area contributed by atoms with E-state index in [4.69, 9.17) is 0 Å². The minimum absolute atomic E-state index is 0.00348. The fourth-order valence-electron chi connectivity index (χ4n) is 2.89. The molecule has 0 aliphatic carbocycles. The lowest BCUT2D eigenvalue weighted by atomic mass is 10.2. The van der Waals surface area contributed by atoms with Gasteiger partial charge in [-0.15, -0.1) is 22.0 Å². The van der Waals surface area contributed by atoms with E-state index >= 15 is 0 Å². The van der Waals surface area contributed by atoms with Gasteiger partial charge in [-0.1, -0.05) is 22.0 Å². The molecule has 148 valence electrons. The van der Waals surface area contributed by atoms with Crippen molar-refractivity contribution in [3.8, 4) is 0 Å². The van der Waals surface area contributed by atoms with Crippen LogP contribution in [0.4, 0.5) is 0 Å². The molecular formula is C20H23BrN4OS2. The second kappa shape index (κ2) is 9.80. The molecule has 1 amide bonds. The molecule has 2 aromatic heterocycles. The lowest BCUT2D eigenvalue weighted by Crippen LogP contribution is -2.31. The third-order valence-corrected chi connectivity index (χ3v) is 7.07. The van der Waals surface area contributed by atoms with Gasteiger partial charge in [0.2, 0.25) is 5.91 Å². The molecule has 2 heterocycles. The number of carbonyl (C=O) groups excluding carboxylic acids is 1. The number of aromatic nitrogens is 3. The molecule has 28 heavy (non-hydrogen) atoms. The summed E-state index contributed by atoms with van der Waals surface area (Å²) >= 11 is 6.87. The van der Waals surface area contributed by atoms with E-state index in [1.807, 2.05) is 28.8 Å². The van der Waals surface area contributed by atoms with E-state index in [2.05, 4.69) is 63.7 Å². The van der Waals surface area contributed by atoms with Gasteiger partial charge in [-0.2, -0.15) is 11.8 Å². The number of pyridine rings is 1. The van der Waals surface area contributed by atoms with E-state index in [1.165, 1.54) is 5.56 Å². The first-order valence-electron chi connectivity index (χ1n) is 8.97. The normalized spacial score (nSPS) is 12.3. The van der Waals surface area contributed by atoms with Crippen molar-refractivity contribution in [1.82, 2.24) is 19.9 Å². The van der Waals surface area contributed by atoms with Gasteiger partial charge < -0.3 is 5.32 Å². The molecule has 0 saturated heterocycles. The van der Waals surface area contributed by atoms with E-state index in [9.17, 15) is 4.79 Å². The molecule has 3 rings (SSSR count). The maximum absolute atomic E-state index is 12.7. The molecule has 1 unspecified atom stereocenters. The Balaban J connectivity index is 1.71. The Morgan fingerprint density at radius 2 is 2.07 bits per heavy atom. The van der Waals surface area contributed by atoms with Gasteiger partial charge in [-0.25, -0.2) is 0 Å². The summed E-state index contributed by atoms with van der Waals surface area (Å²) in [4.78, 5) is 13.8. The Labute approximate surface area is 182 Å². The number of nitrogens with zero attached hydrogens (tertiary/aromatic N) is 3. The molecule has 0 spiro atoms. The molecule has 1 N–H and O–H groups in total. The van der Waals surface area contributed by atoms with Gasteiger partial charge in [0.25, 0.3) is 0 Å². The molecule has 0 bridgehead atoms. The van der Waals surface area contributed by atoms with E-state index < -0.39 is 0 Å². The number of nitrogens with one attached hydrogen (secondary N) is 1. The number of aryl methyl sites for hydroxylation is 2. The van der Waals surface area contributed by atoms with Crippen LogP contribution < -0.4 is 5.32 Å². The predicted molar refractivity (Wildman–Crippen MR) is 121 cm³/mol. The summed E-state index contributed by atoms with van der Waals surface area (Å²) < 4.78 is 3.04. The number of fused-ring (bicyclic) bond motifs is 1. The van der Waals surface area contributed by atoms with Gasteiger partial charge in [0.05, 0.1) is 11.8 Å². The largest absolute Gasteiger partial charge is 0.345 e. The third-order valence-electron chi connectivity index (χ3n) is 4.41. The minimum atomic E-state index is -0.161. The van der Waals surface area contributed by atoms with Crippen molar-refractivity contribution in [2.24, 2.45) is 0 Å². The summed E-state index contributed by atoms with van der Waals surface area (Å²) in [6.45, 7) is 4.12. The van der Waals surface area contributed by atoms with Crippen molar-refractivity contribution in [1.29, 1.82) is 0 Å². The summed E-state index contributed by atoms with van der Waals surface area (Å²) in [7, 11) is 0. The van der Waals surface area contributed by atoms with Gasteiger partial charge in [0.1, 0.15) is 0 Å². The van der Waals surface area contributed by atoms with Crippen LogP contribution in [0.5, 0.6) is 0 Å². The molecule has 8 heteroatoms. The lowest BCUT2D eigenvalue weighted by molar-refractivity contribution is -0.119. The Morgan fingerprint density at radius 1 is 1.25 bits per heavy atom. The number of halogens is 1. The first-order chi connectivity index (χ1) is 13.5. The molecule has 3 aromatic rings. The topological polar surface area (TPSA) is 59.3 Å². The van der Waals surface area contributed by atoms with Crippen LogP contribution in [-0.4, -0.2) is 38.3 Å². The fourth-order valence-corrected chi connectivity index (χ4v) is 4.73. The minimum Gasteiger partial charge on any atom is -0.345 e. The van der Waals surface area contributed by atoms with Crippen molar-refractivity contribution in [3.63, 3.8) is 0 Å². The van der Waals surface area contributed by atoms with Gasteiger partial charge in [0.15, 0.2) is 11.5 Å². The van der Waals surface area contributed by atoms with Crippen LogP contribution in [-0.2, 0) is 4.79 Å². The number of amides is 1. The van der Waals surface area contributed by atoms with Crippen molar-refractivity contribution in [3.05, 3.63) is 58.0 Å². The molecule has 0 saturated carbocycles. The van der Waals surface area contributed by atoms with Crippen LogP contribution >= 0.6 is 39.5 Å². The van der Waals surface area contributed by atoms with Crippen molar-refractivity contribution >= 4 is 51.0 Å². The molecule has 0 aliphatic heterocycles. The average Bonchev–Trinajstić information content (AvgIpc) is 3.11. The Morgan fingerprint density at radius 3 is 2.86 bits per heavy atom. The zero-order chi connectivity index (χ0) is 20.1. The first kappa shape index (κ1) is 21.2. The highest BCUT2D eigenvalue weighted by molar-refractivity contribution is 9.10. The van der Waals surface area contributed by atoms with E-state index in [1.54, 1.807) is 23.5 Å². The highest BCUT2D eigenvalue weighted by atomic mass is 79.9. The standard InChI is InChI=1S/C20H23BrN4OS2/c1-13-11-17(14(2)10-15(13)21)28-12-19(26)22-16(7-9-27-3)20-24-23-18-6-4-5-8-25(18)20/h4-6,8,10-11,16H,7,9,12H2,1-3H3,(H,22,26). The number of hydrogen-bond acceptors (Lipinski definition) is 5. The number of hydrogen-bond donors (Lipinski definition) is 1. The Hall–Kier alpha value is -1.51. The van der Waals surface area contributed by atoms with E-state index in [0.29, 0.717) is 5.75 Å². The molecular weight excluding hydrogens is 456 g/mol. The van der Waals surface area contributed by atoms with Crippen molar-refractivity contribution in [2.45, 2.75) is 31.2 Å². The molecule has 1 aromatic carbocycles. The maximum Gasteiger partial charge on any atom is 0.230 e. The van der Waals surface area contributed by atoms with Gasteiger partial charge in [0, 0.05) is 15.6 Å². The van der Waals surface area contributed by atoms with Crippen LogP contribution in [0.2, 0.25) is 0 Å². The average molecular weight is 479 g/mol. The van der Waals surface area contributed by atoms with Gasteiger partial charge in [-0.3, -0.25) is 9.20 Å². The fraction of sp³-hybridized carbons (Fsp3) is 0.350. The lowest BCUT2D eigenvalue weighted by Gasteiger charge is -2.17. The van der Waals surface area contributed by atoms with E-state index in [-0.39, 0.29) is 11.9 Å². The molecule has 0 aliphatic rings. The van der Waals surface area contributed by atoms with Crippen molar-refractivity contribution in [2.75, 3.05) is 17.8 Å². The number of benzene rings is 1. The Kier molecular flexibility index (Phi) is 7.42. The number of rotatable bonds is 8. The van der Waals surface area contributed by atoms with Crippen LogP contribution in [0.1, 0.15) is 29.4 Å². The Bertz CT molecular complexity index is 976. The van der Waals surface area contributed by atoms with Crippen LogP contribution in [0.15, 0.2) is 45.9 Å². The molecule has 0 fully saturated rings. The highest BCUT2D eigenvalue weighted by Crippen LogP contribution is 2.28. The zero-order valence-electron chi connectivity index (χ0n) is 16.1. The van der Waals surface area contributed by atoms with Crippen LogP contribution in [0.3, 0.4) is 0 Å². The van der Waals surface area contributed by atoms with Crippen LogP contribution in [0.25, 0.3) is 5.65 Å². The van der Waals surface area contributed by atoms with E-state index in [0.717, 1.165) is 38.6 Å². The SMILES string of the molecule is CSCCC(NC(=O)CSc1cc(C)c(Br)cc1C)c1nnc2ccccn12. The van der Waals surface area contributed by atoms with Crippen LogP contribution in [0, 0.1) is 13.8 Å². The molecule has 1 atom stereocenters. The molecule has 5 nitrogen and oxygen atoms in total. The summed E-state index contributed by atoms with van der Waals surface area (Å²) in [5.74, 6) is 2.08. The quantitative estimate of drug-likeness (QED) is 0.470. The number of thioether (sulfide) groups is 2. The summed E-state index contributed by atoms with van der Waals surface area (Å²) in [6.07, 6.45) is 4.81. The molecule has 0 radical (unpaired) electrons. The van der Waals surface area contributed by atoms with Crippen molar-refractivity contribution < 1.29 is 4.79 Å². The predicted octanol–water partition coefficient (Wildman–Crippen LogP) is 4.81. The summed E-state index contributed by atoms with van der Waals surface area (Å²) in [5, 5.41) is 11.7. The van der Waals surface area contributed by atoms with Gasteiger partial charge >= 0.3 is 0 Å². The third kappa shape index (κ3) is 5.10. The highest BCUT2D eigenvalue weighted by Gasteiger charge is 2.20. The monoisotopic (exact) mass is 478 g/mol. The maximum atomic E-state index is 12.7. The second-order valence-electron chi connectivity index (χ2n) is 6.54. The zero-order valence-corrected chi connectivity index (χ0v) is 19.3.